The number of amides is 2. The second kappa shape index (κ2) is 11.1. The number of thioether (sulfide) groups is 1. The van der Waals surface area contributed by atoms with Gasteiger partial charge in [-0.2, -0.15) is 0 Å². The summed E-state index contributed by atoms with van der Waals surface area (Å²) < 4.78 is 1.68. The molecule has 1 saturated heterocycles. The molecule has 1 aromatic rings. The molecule has 1 aromatic heterocycles. The number of oxime groups is 1. The predicted octanol–water partition coefficient (Wildman–Crippen LogP) is 0.720. The van der Waals surface area contributed by atoms with E-state index < -0.39 is 57.7 Å². The van der Waals surface area contributed by atoms with Crippen LogP contribution in [-0.4, -0.2) is 82.0 Å². The van der Waals surface area contributed by atoms with Crippen LogP contribution in [0.3, 0.4) is 0 Å². The Balaban J connectivity index is 1.37. The van der Waals surface area contributed by atoms with Crippen molar-refractivity contribution in [1.82, 2.24) is 19.8 Å². The van der Waals surface area contributed by atoms with Crippen LogP contribution >= 0.6 is 23.1 Å². The van der Waals surface area contributed by atoms with Gasteiger partial charge in [0.25, 0.3) is 11.8 Å². The maximum atomic E-state index is 13.2. The van der Waals surface area contributed by atoms with Gasteiger partial charge in [-0.15, -0.1) is 23.1 Å². The zero-order valence-electron chi connectivity index (χ0n) is 22.5. The van der Waals surface area contributed by atoms with Crippen molar-refractivity contribution in [2.45, 2.75) is 37.4 Å². The number of hydrogen-bond acceptors (Lipinski definition) is 12. The van der Waals surface area contributed by atoms with E-state index in [1.165, 1.54) is 43.1 Å². The number of nitrogens with one attached hydrogen (secondary N) is 1. The maximum Gasteiger partial charge on any atom is 0.352 e. The SMILES string of the molecule is CC(C)(O/N=C(\C(=O)N[C@@H]1C(=O)N2C(C(=O)O)=C(Cn3ccc4cc(=O)c(O)cc-4c3)CS[C@H]12)c1csc(N)n1)C(=O)O. The minimum atomic E-state index is -1.78. The molecule has 6 N–H and O–H groups in total. The number of phenols is 1. The number of aromatic hydroxyl groups is 1. The number of anilines is 1. The van der Waals surface area contributed by atoms with Gasteiger partial charge in [-0.3, -0.25) is 19.3 Å². The van der Waals surface area contributed by atoms with Gasteiger partial charge in [0.05, 0.1) is 0 Å². The van der Waals surface area contributed by atoms with Gasteiger partial charge < -0.3 is 35.8 Å². The first-order valence-corrected chi connectivity index (χ1v) is 14.4. The Labute approximate surface area is 250 Å². The molecule has 4 heterocycles. The van der Waals surface area contributed by atoms with Crippen molar-refractivity contribution >= 4 is 57.7 Å². The van der Waals surface area contributed by atoms with Crippen molar-refractivity contribution in [1.29, 1.82) is 0 Å². The molecule has 1 fully saturated rings. The molecule has 2 atom stereocenters. The third-order valence-corrected chi connectivity index (χ3v) is 8.70. The molecule has 3 aliphatic heterocycles. The molecule has 224 valence electrons. The van der Waals surface area contributed by atoms with Crippen molar-refractivity contribution in [3.8, 4) is 16.9 Å². The van der Waals surface area contributed by atoms with E-state index in [4.69, 9.17) is 10.6 Å². The number of rotatable bonds is 9. The highest BCUT2D eigenvalue weighted by Crippen LogP contribution is 2.41. The number of nitrogens with two attached hydrogens (primary N) is 1. The minimum Gasteiger partial charge on any atom is -0.504 e. The summed E-state index contributed by atoms with van der Waals surface area (Å²) >= 11 is 2.26. The summed E-state index contributed by atoms with van der Waals surface area (Å²) in [5, 5.41) is 36.2. The number of β-lactam (4-membered cyclic amide) rings is 1. The van der Waals surface area contributed by atoms with Gasteiger partial charge >= 0.3 is 11.9 Å². The lowest BCUT2D eigenvalue weighted by Gasteiger charge is -2.49. The predicted molar refractivity (Wildman–Crippen MR) is 155 cm³/mol. The standard InChI is InChI=1S/C26H24N6O9S2/c1-26(2,24(39)40)41-30-17(14-10-43-25(27)28-14)20(35)29-18-21(36)32-19(23(37)38)13(9-42-22(18)32)8-31-4-3-11-5-15(33)16(34)6-12(11)7-31/h3-7,10,18,22,34H,8-9H2,1-2H3,(H2,27,28)(H,29,35)(H,37,38)(H,39,40)/b30-17-/t18-,22-/m1/s1. The Morgan fingerprint density at radius 2 is 1.98 bits per heavy atom. The first-order chi connectivity index (χ1) is 20.3. The number of nitrogen functional groups attached to an aromatic ring is 1. The van der Waals surface area contributed by atoms with E-state index in [1.807, 2.05) is 0 Å². The van der Waals surface area contributed by atoms with Crippen molar-refractivity contribution in [2.75, 3.05) is 11.5 Å². The fourth-order valence-electron chi connectivity index (χ4n) is 4.39. The lowest BCUT2D eigenvalue weighted by Crippen LogP contribution is -2.71. The molecule has 0 bridgehead atoms. The third kappa shape index (κ3) is 5.63. The zero-order valence-corrected chi connectivity index (χ0v) is 24.1. The Bertz CT molecular complexity index is 1760. The van der Waals surface area contributed by atoms with Crippen LogP contribution in [0.5, 0.6) is 5.75 Å². The highest BCUT2D eigenvalue weighted by Gasteiger charge is 2.54. The number of thiazole rings is 1. The highest BCUT2D eigenvalue weighted by atomic mass is 32.2. The Kier molecular flexibility index (Phi) is 7.61. The van der Waals surface area contributed by atoms with Crippen LogP contribution < -0.4 is 16.5 Å². The van der Waals surface area contributed by atoms with Gasteiger partial charge in [-0.05, 0) is 43.2 Å². The molecule has 5 rings (SSSR count). The van der Waals surface area contributed by atoms with Crippen LogP contribution in [0.4, 0.5) is 5.13 Å². The molecular weight excluding hydrogens is 604 g/mol. The number of nitrogens with zero attached hydrogens (tertiary/aromatic N) is 4. The molecule has 0 saturated carbocycles. The van der Waals surface area contributed by atoms with E-state index in [9.17, 15) is 39.3 Å². The summed E-state index contributed by atoms with van der Waals surface area (Å²) in [5.74, 6) is -4.41. The third-order valence-electron chi connectivity index (χ3n) is 6.68. The fourth-order valence-corrected chi connectivity index (χ4v) is 6.27. The van der Waals surface area contributed by atoms with Gasteiger partial charge in [0.15, 0.2) is 16.6 Å². The van der Waals surface area contributed by atoms with E-state index in [0.717, 1.165) is 16.2 Å². The molecular formula is C26H24N6O9S2. The van der Waals surface area contributed by atoms with Gasteiger partial charge in [0.1, 0.15) is 22.8 Å². The van der Waals surface area contributed by atoms with Crippen LogP contribution in [-0.2, 0) is 30.6 Å². The fraction of sp³-hybridized carbons (Fsp3) is 0.269. The summed E-state index contributed by atoms with van der Waals surface area (Å²) in [6.07, 6.45) is 3.31. The number of benzene rings is 1. The number of carboxylic acid groups (broad SMARTS) is 2. The van der Waals surface area contributed by atoms with Gasteiger partial charge in [0, 0.05) is 35.6 Å². The molecule has 1 aliphatic carbocycles. The quantitative estimate of drug-likeness (QED) is 0.125. The normalized spacial score (nSPS) is 18.7. The largest absolute Gasteiger partial charge is 0.504 e. The van der Waals surface area contributed by atoms with Gasteiger partial charge in [-0.25, -0.2) is 14.6 Å². The van der Waals surface area contributed by atoms with E-state index >= 15 is 0 Å². The number of aromatic nitrogens is 2. The number of phenolic OH excluding ortho intramolecular Hbond substituents is 1. The first kappa shape index (κ1) is 29.6. The number of aliphatic carboxylic acids is 2. The number of hydrogen-bond donors (Lipinski definition) is 5. The molecule has 2 amide bonds. The van der Waals surface area contributed by atoms with Crippen molar-refractivity contribution in [3.05, 3.63) is 63.2 Å². The van der Waals surface area contributed by atoms with Crippen molar-refractivity contribution in [3.63, 3.8) is 0 Å². The van der Waals surface area contributed by atoms with Crippen LogP contribution in [0.2, 0.25) is 0 Å². The van der Waals surface area contributed by atoms with Crippen LogP contribution in [0.15, 0.2) is 57.2 Å². The smallest absolute Gasteiger partial charge is 0.352 e. The molecule has 0 spiro atoms. The number of pyridine rings is 1. The molecule has 0 radical (unpaired) electrons. The summed E-state index contributed by atoms with van der Waals surface area (Å²) in [6, 6.07) is 3.17. The average Bonchev–Trinajstić information content (AvgIpc) is 3.37. The van der Waals surface area contributed by atoms with Crippen LogP contribution in [0, 0.1) is 0 Å². The second-order valence-corrected chi connectivity index (χ2v) is 12.1. The summed E-state index contributed by atoms with van der Waals surface area (Å²) in [6.45, 7) is 2.57. The monoisotopic (exact) mass is 628 g/mol. The van der Waals surface area contributed by atoms with E-state index in [-0.39, 0.29) is 28.8 Å². The molecule has 17 heteroatoms. The van der Waals surface area contributed by atoms with Crippen LogP contribution in [0.1, 0.15) is 19.5 Å². The number of fused-ring (bicyclic) bond motifs is 2. The lowest BCUT2D eigenvalue weighted by atomic mass is 10.0. The summed E-state index contributed by atoms with van der Waals surface area (Å²) in [5.41, 5.74) is 4.37. The van der Waals surface area contributed by atoms with E-state index in [1.54, 1.807) is 23.0 Å². The number of carbonyl (C=O) groups excluding carboxylic acids is 2. The maximum absolute atomic E-state index is 13.2. The topological polar surface area (TPSA) is 227 Å². The second-order valence-electron chi connectivity index (χ2n) is 10.1. The van der Waals surface area contributed by atoms with Crippen LogP contribution in [0.25, 0.3) is 11.1 Å². The van der Waals surface area contributed by atoms with Gasteiger partial charge in [-0.1, -0.05) is 5.16 Å². The lowest BCUT2D eigenvalue weighted by molar-refractivity contribution is -0.161. The summed E-state index contributed by atoms with van der Waals surface area (Å²) in [7, 11) is 0. The van der Waals surface area contributed by atoms with E-state index in [0.29, 0.717) is 16.7 Å². The molecule has 4 aliphatic rings. The van der Waals surface area contributed by atoms with E-state index in [2.05, 4.69) is 15.5 Å². The van der Waals surface area contributed by atoms with Crippen molar-refractivity contribution in [2.24, 2.45) is 5.16 Å². The highest BCUT2D eigenvalue weighted by molar-refractivity contribution is 8.00. The first-order valence-electron chi connectivity index (χ1n) is 12.5. The average molecular weight is 629 g/mol. The molecule has 43 heavy (non-hydrogen) atoms. The minimum absolute atomic E-state index is 0.00160. The Hall–Kier alpha value is -4.90. The molecule has 15 nitrogen and oxygen atoms in total. The molecule has 0 unspecified atom stereocenters. The zero-order chi connectivity index (χ0) is 31.2. The number of carboxylic acids is 2. The Morgan fingerprint density at radius 3 is 2.63 bits per heavy atom. The summed E-state index contributed by atoms with van der Waals surface area (Å²) in [4.78, 5) is 72.1. The molecule has 0 aromatic carbocycles. The Morgan fingerprint density at radius 1 is 1.23 bits per heavy atom. The van der Waals surface area contributed by atoms with Gasteiger partial charge in [0.2, 0.25) is 11.0 Å². The van der Waals surface area contributed by atoms with Crippen molar-refractivity contribution < 1.29 is 39.3 Å². The number of carbonyl (C=O) groups is 4.